The molecule has 0 saturated carbocycles. The topological polar surface area (TPSA) is 90.4 Å². The van der Waals surface area contributed by atoms with Gasteiger partial charge in [0.15, 0.2) is 8.93 Å². The third-order valence-electron chi connectivity index (χ3n) is 3.77. The summed E-state index contributed by atoms with van der Waals surface area (Å²) in [6.45, 7) is 5.73. The van der Waals surface area contributed by atoms with Gasteiger partial charge in [-0.3, -0.25) is 14.1 Å². The maximum Gasteiger partial charge on any atom is 1.00 e. The van der Waals surface area contributed by atoms with Crippen molar-refractivity contribution in [1.82, 2.24) is 20.2 Å². The van der Waals surface area contributed by atoms with Gasteiger partial charge in [-0.15, -0.1) is 34.3 Å². The Morgan fingerprint density at radius 1 is 1.18 bits per heavy atom. The van der Waals surface area contributed by atoms with Crippen molar-refractivity contribution in [2.24, 2.45) is 0 Å². The maximum atomic E-state index is 9.96. The molecule has 2 aromatic rings. The summed E-state index contributed by atoms with van der Waals surface area (Å²) in [5, 5.41) is 15.5. The number of hydrogen-bond donors (Lipinski definition) is 1. The van der Waals surface area contributed by atoms with E-state index in [-0.39, 0.29) is 111 Å². The van der Waals surface area contributed by atoms with Crippen molar-refractivity contribution in [3.8, 4) is 0 Å². The Hall–Kier alpha value is 2.68. The van der Waals surface area contributed by atoms with Crippen molar-refractivity contribution >= 4 is 63.9 Å². The minimum atomic E-state index is -1.00. The molecule has 0 unspecified atom stereocenters. The number of nitrogens with one attached hydrogen (secondary N) is 1. The van der Waals surface area contributed by atoms with Gasteiger partial charge in [0.25, 0.3) is 6.47 Å². The van der Waals surface area contributed by atoms with Crippen LogP contribution in [0.15, 0.2) is 10.8 Å². The molecule has 15 heteroatoms. The normalized spacial score (nSPS) is 14.0. The fourth-order valence-electron chi connectivity index (χ4n) is 2.49. The second-order valence-electron chi connectivity index (χ2n) is 5.95. The molecule has 4 heterocycles. The molecule has 2 aliphatic heterocycles. The molecule has 33 heavy (non-hydrogen) atoms. The molecule has 2 fully saturated rings. The number of thiazole rings is 2. The van der Waals surface area contributed by atoms with Gasteiger partial charge < -0.3 is 16.9 Å². The fraction of sp³-hybridized carbons (Fsp3) is 0.611. The smallest absolute Gasteiger partial charge is 1.00 e. The summed E-state index contributed by atoms with van der Waals surface area (Å²) >= 11 is 19.6. The monoisotopic (exact) mass is 615 g/mol. The van der Waals surface area contributed by atoms with E-state index in [1.807, 2.05) is 10.8 Å². The molecule has 0 radical (unpaired) electrons. The fourth-order valence-corrected chi connectivity index (χ4v) is 4.28. The number of carbonyl (C=O) groups is 1. The molecule has 4 rings (SSSR count). The number of likely N-dealkylation sites (tertiary alicyclic amines) is 1. The summed E-state index contributed by atoms with van der Waals surface area (Å²) in [6.07, 6.45) is 5.44. The van der Waals surface area contributed by atoms with E-state index in [4.69, 9.17) is 46.2 Å². The van der Waals surface area contributed by atoms with Gasteiger partial charge in [-0.25, -0.2) is 9.97 Å². The van der Waals surface area contributed by atoms with Crippen LogP contribution in [0.4, 0.5) is 4.39 Å². The van der Waals surface area contributed by atoms with Crippen molar-refractivity contribution in [1.29, 1.82) is 0 Å². The van der Waals surface area contributed by atoms with Crippen LogP contribution in [-0.4, -0.2) is 54.7 Å². The van der Waals surface area contributed by atoms with Crippen molar-refractivity contribution < 1.29 is 125 Å². The predicted molar refractivity (Wildman–Crippen MR) is 126 cm³/mol. The quantitative estimate of drug-likeness (QED) is 0.146. The zero-order valence-electron chi connectivity index (χ0n) is 20.9. The van der Waals surface area contributed by atoms with Gasteiger partial charge in [-0.1, -0.05) is 23.2 Å². The van der Waals surface area contributed by atoms with Crippen LogP contribution < -0.4 is 113 Å². The van der Waals surface area contributed by atoms with Crippen LogP contribution in [0.1, 0.15) is 39.9 Å². The first-order valence-electron chi connectivity index (χ1n) is 9.97. The Bertz CT molecular complexity index is 702. The number of alkyl halides is 2. The van der Waals surface area contributed by atoms with E-state index in [9.17, 15) is 4.39 Å². The summed E-state index contributed by atoms with van der Waals surface area (Å²) in [5.74, 6) is 0.448. The molecular formula is C18H28Cl3FK2N4O3S2. The molecule has 0 amide bonds. The molecule has 180 valence electrons. The summed E-state index contributed by atoms with van der Waals surface area (Å²) < 4.78 is 16.7. The Balaban J connectivity index is -0.000000184. The van der Waals surface area contributed by atoms with Crippen LogP contribution in [0.5, 0.6) is 0 Å². The SMILES string of the molecule is C1CCNC1.ClCc1csc(Cl)n1.Clc1nc(CN2CCCC2)cs1.O=CO[O-].[2H]CF.[H-].[K+].[K+]. The molecule has 0 spiro atoms. The number of aromatic nitrogens is 2. The van der Waals surface area contributed by atoms with Gasteiger partial charge >= 0.3 is 103 Å². The second kappa shape index (κ2) is 29.2. The molecule has 2 aromatic heterocycles. The zero-order valence-corrected chi connectivity index (χ0v) is 29.1. The molecule has 1 N–H and O–H groups in total. The number of carbonyl (C=O) groups excluding carboxylic acids is 1. The van der Waals surface area contributed by atoms with Gasteiger partial charge in [0.1, 0.15) is 0 Å². The van der Waals surface area contributed by atoms with E-state index in [0.29, 0.717) is 14.8 Å². The third-order valence-corrected chi connectivity index (χ3v) is 6.09. The summed E-state index contributed by atoms with van der Waals surface area (Å²) in [6, 6.07) is 0. The number of halogens is 4. The number of nitrogens with zero attached hydrogens (tertiary/aromatic N) is 3. The van der Waals surface area contributed by atoms with Crippen LogP contribution in [-0.2, 0) is 22.1 Å². The second-order valence-corrected chi connectivity index (χ2v) is 9.10. The van der Waals surface area contributed by atoms with Crippen molar-refractivity contribution in [2.75, 3.05) is 33.3 Å². The van der Waals surface area contributed by atoms with Gasteiger partial charge in [-0.05, 0) is 51.9 Å². The van der Waals surface area contributed by atoms with Crippen LogP contribution >= 0.6 is 57.5 Å². The molecule has 2 aliphatic rings. The van der Waals surface area contributed by atoms with Crippen LogP contribution in [0.2, 0.25) is 8.93 Å². The average Bonchev–Trinajstić information content (AvgIpc) is 3.60. The summed E-state index contributed by atoms with van der Waals surface area (Å²) in [5.41, 5.74) is 1.97. The standard InChI is InChI=1S/C8H11ClN2S.C4H3Cl2NS.C4H9N.CH3F.CH2O3.2K.H/c9-8-10-7(6-12-8)5-11-3-1-2-4-11;5-1-3-2-8-4(6)7-3;1-2-4-5-3-1;1-2;2-1-4-3;;;/h6H,1-5H2;2H,1H2;5H,1-4H2;1H3;1,3H;;;/q;;;;;2*+1;-1/p-1/i;;;1D;;;;. The number of hydrogen-bond acceptors (Lipinski definition) is 9. The molecule has 0 atom stereocenters. The van der Waals surface area contributed by atoms with Crippen LogP contribution in [0.3, 0.4) is 0 Å². The van der Waals surface area contributed by atoms with Gasteiger partial charge in [0.2, 0.25) is 0 Å². The molecule has 0 bridgehead atoms. The minimum absolute atomic E-state index is 0. The summed E-state index contributed by atoms with van der Waals surface area (Å²) in [7, 11) is -1.00. The molecule has 0 aliphatic carbocycles. The predicted octanol–water partition coefficient (Wildman–Crippen LogP) is -1.56. The average molecular weight is 617 g/mol. The van der Waals surface area contributed by atoms with Crippen LogP contribution in [0.25, 0.3) is 0 Å². The first kappa shape index (κ1) is 37.8. The van der Waals surface area contributed by atoms with E-state index in [2.05, 4.69) is 25.1 Å². The van der Waals surface area contributed by atoms with Crippen molar-refractivity contribution in [2.45, 2.75) is 38.1 Å². The first-order valence-corrected chi connectivity index (χ1v) is 12.3. The first-order chi connectivity index (χ1) is 15.5. The van der Waals surface area contributed by atoms with E-state index < -0.39 is 7.15 Å². The van der Waals surface area contributed by atoms with Gasteiger partial charge in [-0.2, -0.15) is 0 Å². The van der Waals surface area contributed by atoms with E-state index >= 15 is 0 Å². The van der Waals surface area contributed by atoms with E-state index in [1.165, 1.54) is 74.5 Å². The van der Waals surface area contributed by atoms with Crippen molar-refractivity contribution in [3.05, 3.63) is 31.1 Å². The third kappa shape index (κ3) is 23.5. The Morgan fingerprint density at radius 2 is 1.64 bits per heavy atom. The molecule has 2 saturated heterocycles. The Labute approximate surface area is 306 Å². The van der Waals surface area contributed by atoms with Gasteiger partial charge in [0.05, 0.1) is 25.8 Å². The number of rotatable bonds is 4. The van der Waals surface area contributed by atoms with E-state index in [0.717, 1.165) is 17.9 Å². The van der Waals surface area contributed by atoms with E-state index in [1.54, 1.807) is 0 Å². The molecule has 0 aromatic carbocycles. The zero-order chi connectivity index (χ0) is 24.0. The molecule has 7 nitrogen and oxygen atoms in total. The summed E-state index contributed by atoms with van der Waals surface area (Å²) in [4.78, 5) is 21.8. The Kier molecular flexibility index (Phi) is 33.5. The van der Waals surface area contributed by atoms with Crippen LogP contribution in [0, 0.1) is 0 Å². The Morgan fingerprint density at radius 3 is 1.91 bits per heavy atom. The van der Waals surface area contributed by atoms with Crippen molar-refractivity contribution in [3.63, 3.8) is 0 Å². The largest absolute Gasteiger partial charge is 1.00 e. The van der Waals surface area contributed by atoms with Gasteiger partial charge in [0, 0.05) is 17.3 Å². The maximum absolute atomic E-state index is 9.96. The minimum Gasteiger partial charge on any atom is -1.00 e. The molecular weight excluding hydrogens is 588 g/mol.